The van der Waals surface area contributed by atoms with Crippen LogP contribution < -0.4 is 0 Å². The Kier molecular flexibility index (Phi) is 9.77. The number of rotatable bonds is 6. The Balaban J connectivity index is 0.00000204. The van der Waals surface area contributed by atoms with Gasteiger partial charge in [-0.25, -0.2) is 0 Å². The quantitative estimate of drug-likeness (QED) is 0.279. The summed E-state index contributed by atoms with van der Waals surface area (Å²) in [6.45, 7) is 9.27. The minimum atomic E-state index is -3.15. The Labute approximate surface area is 225 Å². The van der Waals surface area contributed by atoms with E-state index in [9.17, 15) is 0 Å². The molecule has 0 fully saturated rings. The van der Waals surface area contributed by atoms with Crippen molar-refractivity contribution < 1.29 is 15.7 Å². The standard InChI is InChI=1S/2C14H15.2CH3.2ClH.GeH2.Zr/c2*1-3-12-7-9-13(10-8-12)14-6-4-5-11(14)2;;;;;;/h2*6-10H,3-4H2,1-2H3;2*1H3;2*1H;1H2;. The Morgan fingerprint density at radius 2 is 0.971 bits per heavy atom. The second-order valence-corrected chi connectivity index (χ2v) is 53.1. The fourth-order valence-electron chi connectivity index (χ4n) is 5.89. The van der Waals surface area contributed by atoms with E-state index < -0.39 is 15.7 Å². The third-order valence-corrected chi connectivity index (χ3v) is 31.0. The van der Waals surface area contributed by atoms with E-state index in [1.165, 1.54) is 45.5 Å². The van der Waals surface area contributed by atoms with Gasteiger partial charge in [-0.05, 0) is 0 Å². The Bertz CT molecular complexity index is 1160. The molecule has 2 aromatic carbocycles. The summed E-state index contributed by atoms with van der Waals surface area (Å²) in [5.74, 6) is 0. The molecule has 0 radical (unpaired) electrons. The maximum absolute atomic E-state index is 3.15. The third kappa shape index (κ3) is 5.39. The first-order valence-corrected chi connectivity index (χ1v) is 30.1. The fraction of sp³-hybridized carbons (Fsp3) is 0.333. The fourth-order valence-corrected chi connectivity index (χ4v) is 27.2. The molecule has 0 spiro atoms. The van der Waals surface area contributed by atoms with E-state index in [4.69, 9.17) is 0 Å². The van der Waals surface area contributed by atoms with Crippen LogP contribution in [0.25, 0.3) is 11.1 Å². The van der Waals surface area contributed by atoms with Gasteiger partial charge in [-0.2, -0.15) is 0 Å². The zero-order chi connectivity index (χ0) is 23.1. The largest absolute Gasteiger partial charge is 0.147 e. The van der Waals surface area contributed by atoms with Crippen LogP contribution in [0.5, 0.6) is 0 Å². The molecule has 4 rings (SSSR count). The molecule has 0 unspecified atom stereocenters. The molecule has 2 aromatic rings. The summed E-state index contributed by atoms with van der Waals surface area (Å²) in [5, 5.41) is 0. The van der Waals surface area contributed by atoms with Crippen LogP contribution in [0.3, 0.4) is 0 Å². The molecule has 4 heteroatoms. The molecule has 0 N–H and O–H groups in total. The number of hydrogen-bond donors (Lipinski definition) is 0. The number of allylic oxidation sites excluding steroid dienone is 8. The SMILES string of the molecule is CCc1ccc(C2=CC[C]([Zr]([CH3])([CH3])(=[GeH2])[C]3=C(C)C(c4ccc(CC)cc4)=CC3)=C2C)cc1.Cl.Cl. The van der Waals surface area contributed by atoms with Gasteiger partial charge in [-0.15, -0.1) is 24.8 Å². The molecular formula is C30H40Cl2GeZr. The molecule has 34 heavy (non-hydrogen) atoms. The molecule has 0 aliphatic heterocycles. The predicted octanol–water partition coefficient (Wildman–Crippen LogP) is 8.81. The van der Waals surface area contributed by atoms with Crippen molar-refractivity contribution in [3.05, 3.63) is 101 Å². The van der Waals surface area contributed by atoms with Gasteiger partial charge in [-0.1, -0.05) is 0 Å². The Morgan fingerprint density at radius 1 is 0.647 bits per heavy atom. The molecule has 0 heterocycles. The van der Waals surface area contributed by atoms with Crippen molar-refractivity contribution >= 4 is 48.1 Å². The molecule has 0 saturated carbocycles. The van der Waals surface area contributed by atoms with Gasteiger partial charge in [0, 0.05) is 0 Å². The summed E-state index contributed by atoms with van der Waals surface area (Å²) in [7, 11) is 0. The van der Waals surface area contributed by atoms with Crippen LogP contribution in [0, 0.1) is 0 Å². The van der Waals surface area contributed by atoms with Crippen LogP contribution in [-0.4, -0.2) is 12.1 Å². The average Bonchev–Trinajstić information content (AvgIpc) is 3.37. The van der Waals surface area contributed by atoms with E-state index in [0.29, 0.717) is 0 Å². The van der Waals surface area contributed by atoms with Crippen molar-refractivity contribution in [2.24, 2.45) is 0 Å². The van der Waals surface area contributed by atoms with Crippen LogP contribution in [0.4, 0.5) is 0 Å². The van der Waals surface area contributed by atoms with Crippen LogP contribution in [0.1, 0.15) is 62.8 Å². The van der Waals surface area contributed by atoms with E-state index in [2.05, 4.69) is 97.6 Å². The summed E-state index contributed by atoms with van der Waals surface area (Å²) in [6, 6.07) is 18.5. The molecule has 2 aliphatic carbocycles. The number of hydrogen-bond acceptors (Lipinski definition) is 0. The third-order valence-electron chi connectivity index (χ3n) is 8.02. The summed E-state index contributed by atoms with van der Waals surface area (Å²) >= 11 is -1.71. The van der Waals surface area contributed by atoms with Gasteiger partial charge in [0.15, 0.2) is 0 Å². The zero-order valence-electron chi connectivity index (χ0n) is 21.6. The number of halogens is 2. The first-order chi connectivity index (χ1) is 15.1. The van der Waals surface area contributed by atoms with Gasteiger partial charge >= 0.3 is 202 Å². The molecule has 2 aliphatic rings. The van der Waals surface area contributed by atoms with E-state index in [1.54, 1.807) is 11.1 Å². The molecule has 182 valence electrons. The Morgan fingerprint density at radius 3 is 1.26 bits per heavy atom. The van der Waals surface area contributed by atoms with Crippen LogP contribution in [0.15, 0.2) is 78.4 Å². The molecule has 0 amide bonds. The van der Waals surface area contributed by atoms with Crippen LogP contribution >= 0.6 is 24.8 Å². The maximum atomic E-state index is 2.72. The van der Waals surface area contributed by atoms with E-state index in [-0.39, 0.29) is 24.8 Å². The summed E-state index contributed by atoms with van der Waals surface area (Å²) in [6.07, 6.45) is 9.56. The van der Waals surface area contributed by atoms with Gasteiger partial charge in [0.05, 0.1) is 0 Å². The van der Waals surface area contributed by atoms with Crippen molar-refractivity contribution in [3.63, 3.8) is 0 Å². The van der Waals surface area contributed by atoms with Crippen molar-refractivity contribution in [3.8, 4) is 0 Å². The first-order valence-electron chi connectivity index (χ1n) is 12.2. The van der Waals surface area contributed by atoms with Crippen molar-refractivity contribution in [1.29, 1.82) is 0 Å². The summed E-state index contributed by atoms with van der Waals surface area (Å²) < 4.78 is 9.08. The van der Waals surface area contributed by atoms with Gasteiger partial charge in [-0.3, -0.25) is 0 Å². The summed E-state index contributed by atoms with van der Waals surface area (Å²) in [5.41, 5.74) is 11.8. The average molecular weight is 635 g/mol. The van der Waals surface area contributed by atoms with Gasteiger partial charge in [0.2, 0.25) is 0 Å². The van der Waals surface area contributed by atoms with Crippen LogP contribution in [-0.2, 0) is 28.5 Å². The normalized spacial score (nSPS) is 16.2. The molecular weight excluding hydrogens is 595 g/mol. The van der Waals surface area contributed by atoms with Crippen molar-refractivity contribution in [1.82, 2.24) is 0 Å². The zero-order valence-corrected chi connectivity index (χ0v) is 28.7. The van der Waals surface area contributed by atoms with Gasteiger partial charge < -0.3 is 0 Å². The first kappa shape index (κ1) is 29.6. The van der Waals surface area contributed by atoms with Crippen molar-refractivity contribution in [2.45, 2.75) is 62.6 Å². The number of benzene rings is 2. The minimum absolute atomic E-state index is 0. The Hall–Kier alpha value is -0.594. The van der Waals surface area contributed by atoms with E-state index in [1.807, 2.05) is 6.56 Å². The van der Waals surface area contributed by atoms with Crippen molar-refractivity contribution in [2.75, 3.05) is 0 Å². The second kappa shape index (κ2) is 11.2. The predicted molar refractivity (Wildman–Crippen MR) is 157 cm³/mol. The minimum Gasteiger partial charge on any atom is -0.147 e. The molecule has 0 aromatic heterocycles. The molecule has 0 saturated heterocycles. The van der Waals surface area contributed by atoms with E-state index >= 15 is 0 Å². The number of aryl methyl sites for hydroxylation is 2. The molecule has 0 atom stereocenters. The smallest absolute Gasteiger partial charge is 0.147 e. The summed E-state index contributed by atoms with van der Waals surface area (Å²) in [4.78, 5) is 0. The molecule has 0 bridgehead atoms. The van der Waals surface area contributed by atoms with Gasteiger partial charge in [0.25, 0.3) is 0 Å². The molecule has 0 nitrogen and oxygen atoms in total. The van der Waals surface area contributed by atoms with Gasteiger partial charge in [0.1, 0.15) is 0 Å². The maximum Gasteiger partial charge on any atom is -0.147 e. The topological polar surface area (TPSA) is 0 Å². The van der Waals surface area contributed by atoms with Crippen LogP contribution in [0.2, 0.25) is 9.26 Å². The van der Waals surface area contributed by atoms with E-state index in [0.717, 1.165) is 25.7 Å². The second-order valence-electron chi connectivity index (χ2n) is 10.6. The monoisotopic (exact) mass is 634 g/mol.